The van der Waals surface area contributed by atoms with Crippen LogP contribution in [0.5, 0.6) is 5.75 Å². The predicted molar refractivity (Wildman–Crippen MR) is 140 cm³/mol. The minimum absolute atomic E-state index is 0.0322. The zero-order valence-electron chi connectivity index (χ0n) is 20.0. The molecule has 3 aromatic rings. The lowest BCUT2D eigenvalue weighted by atomic mass is 10.1. The Kier molecular flexibility index (Phi) is 8.09. The van der Waals surface area contributed by atoms with E-state index in [-0.39, 0.29) is 24.5 Å². The van der Waals surface area contributed by atoms with E-state index in [9.17, 15) is 18.8 Å². The van der Waals surface area contributed by atoms with Gasteiger partial charge in [0.1, 0.15) is 17.6 Å². The predicted octanol–water partition coefficient (Wildman–Crippen LogP) is 3.43. The monoisotopic (exact) mass is 520 g/mol. The van der Waals surface area contributed by atoms with Crippen LogP contribution < -0.4 is 15.5 Å². The second-order valence-electron chi connectivity index (χ2n) is 8.40. The van der Waals surface area contributed by atoms with Crippen molar-refractivity contribution in [2.45, 2.75) is 25.4 Å². The fraction of sp³-hybridized carbons (Fsp3) is 0.185. The lowest BCUT2D eigenvalue weighted by molar-refractivity contribution is -0.132. The lowest BCUT2D eigenvalue weighted by Gasteiger charge is -2.24. The molecule has 1 aliphatic rings. The molecule has 0 aliphatic carbocycles. The standard InChI is InChI=1S/C27H25FN4O4S/c1-36-22-13-7-18(8-14-22)15-25(34)30-32-23(16-24(33)29-21-11-9-20(28)10-12-21)26(35)31(27(32)37)17-19-5-3-2-4-6-19/h2-14,23H,15-17H2,1H3,(H,29,33)(H,30,34). The zero-order valence-corrected chi connectivity index (χ0v) is 20.8. The maximum atomic E-state index is 13.4. The highest BCUT2D eigenvalue weighted by molar-refractivity contribution is 7.80. The molecule has 2 N–H and O–H groups in total. The second kappa shape index (κ2) is 11.6. The van der Waals surface area contributed by atoms with Crippen LogP contribution in [-0.2, 0) is 27.3 Å². The van der Waals surface area contributed by atoms with Crippen molar-refractivity contribution < 1.29 is 23.5 Å². The third kappa shape index (κ3) is 6.47. The number of thiocarbonyl (C=S) groups is 1. The van der Waals surface area contributed by atoms with Crippen LogP contribution in [0.2, 0.25) is 0 Å². The number of methoxy groups -OCH3 is 1. The molecule has 0 bridgehead atoms. The van der Waals surface area contributed by atoms with E-state index in [1.165, 1.54) is 34.2 Å². The summed E-state index contributed by atoms with van der Waals surface area (Å²) in [5, 5.41) is 4.02. The number of hydrogen-bond donors (Lipinski definition) is 2. The number of hydrazine groups is 1. The number of carbonyl (C=O) groups is 3. The van der Waals surface area contributed by atoms with Crippen LogP contribution in [0, 0.1) is 5.82 Å². The summed E-state index contributed by atoms with van der Waals surface area (Å²) in [5.41, 5.74) is 4.68. The first-order valence-electron chi connectivity index (χ1n) is 11.5. The number of nitrogens with one attached hydrogen (secondary N) is 2. The van der Waals surface area contributed by atoms with Gasteiger partial charge < -0.3 is 10.1 Å². The second-order valence-corrected chi connectivity index (χ2v) is 8.76. The number of rotatable bonds is 9. The van der Waals surface area contributed by atoms with Gasteiger partial charge in [0.25, 0.3) is 5.91 Å². The molecule has 1 heterocycles. The molecule has 8 nitrogen and oxygen atoms in total. The molecule has 10 heteroatoms. The maximum Gasteiger partial charge on any atom is 0.254 e. The smallest absolute Gasteiger partial charge is 0.254 e. The quantitative estimate of drug-likeness (QED) is 0.420. The average Bonchev–Trinajstić information content (AvgIpc) is 3.10. The summed E-state index contributed by atoms with van der Waals surface area (Å²) < 4.78 is 18.3. The van der Waals surface area contributed by atoms with Crippen LogP contribution in [0.4, 0.5) is 10.1 Å². The van der Waals surface area contributed by atoms with Crippen LogP contribution in [0.15, 0.2) is 78.9 Å². The molecule has 4 rings (SSSR count). The molecule has 0 aromatic heterocycles. The molecule has 190 valence electrons. The van der Waals surface area contributed by atoms with E-state index in [2.05, 4.69) is 10.7 Å². The fourth-order valence-corrected chi connectivity index (χ4v) is 4.21. The van der Waals surface area contributed by atoms with Gasteiger partial charge in [-0.05, 0) is 59.7 Å². The van der Waals surface area contributed by atoms with E-state index in [4.69, 9.17) is 17.0 Å². The van der Waals surface area contributed by atoms with E-state index in [1.54, 1.807) is 31.4 Å². The highest BCUT2D eigenvalue weighted by Crippen LogP contribution is 2.22. The minimum Gasteiger partial charge on any atom is -0.497 e. The van der Waals surface area contributed by atoms with E-state index in [1.807, 2.05) is 30.3 Å². The molecule has 0 radical (unpaired) electrons. The van der Waals surface area contributed by atoms with Crippen molar-refractivity contribution >= 4 is 40.7 Å². The molecular weight excluding hydrogens is 495 g/mol. The van der Waals surface area contributed by atoms with Crippen LogP contribution in [0.3, 0.4) is 0 Å². The first-order chi connectivity index (χ1) is 17.8. The van der Waals surface area contributed by atoms with Crippen molar-refractivity contribution in [1.82, 2.24) is 15.3 Å². The van der Waals surface area contributed by atoms with Gasteiger partial charge in [-0.2, -0.15) is 0 Å². The SMILES string of the molecule is COc1ccc(CC(=O)NN2C(=S)N(Cc3ccccc3)C(=O)C2CC(=O)Nc2ccc(F)cc2)cc1. The topological polar surface area (TPSA) is 91.0 Å². The summed E-state index contributed by atoms with van der Waals surface area (Å²) in [4.78, 5) is 40.4. The van der Waals surface area contributed by atoms with Gasteiger partial charge in [-0.15, -0.1) is 0 Å². The number of carbonyl (C=O) groups excluding carboxylic acids is 3. The van der Waals surface area contributed by atoms with Crippen molar-refractivity contribution in [2.24, 2.45) is 0 Å². The van der Waals surface area contributed by atoms with Crippen molar-refractivity contribution in [1.29, 1.82) is 0 Å². The van der Waals surface area contributed by atoms with Gasteiger partial charge in [0.05, 0.1) is 26.5 Å². The van der Waals surface area contributed by atoms with E-state index >= 15 is 0 Å². The number of ether oxygens (including phenoxy) is 1. The van der Waals surface area contributed by atoms with E-state index < -0.39 is 29.6 Å². The Hall–Kier alpha value is -4.31. The van der Waals surface area contributed by atoms with Gasteiger partial charge in [0.15, 0.2) is 5.11 Å². The summed E-state index contributed by atoms with van der Waals surface area (Å²) in [5.74, 6) is -1.06. The van der Waals surface area contributed by atoms with Gasteiger partial charge in [-0.1, -0.05) is 42.5 Å². The van der Waals surface area contributed by atoms with Gasteiger partial charge in [-0.3, -0.25) is 24.7 Å². The van der Waals surface area contributed by atoms with Gasteiger partial charge >= 0.3 is 0 Å². The maximum absolute atomic E-state index is 13.4. The number of halogens is 1. The van der Waals surface area contributed by atoms with Crippen molar-refractivity contribution in [3.05, 3.63) is 95.8 Å². The Bertz CT molecular complexity index is 1290. The van der Waals surface area contributed by atoms with E-state index in [0.717, 1.165) is 11.1 Å². The van der Waals surface area contributed by atoms with Gasteiger partial charge in [0, 0.05) is 5.69 Å². The first kappa shape index (κ1) is 25.8. The Morgan fingerprint density at radius 1 is 0.946 bits per heavy atom. The van der Waals surface area contributed by atoms with Crippen LogP contribution >= 0.6 is 12.2 Å². The number of amides is 3. The lowest BCUT2D eigenvalue weighted by Crippen LogP contribution is -2.50. The Balaban J connectivity index is 1.50. The minimum atomic E-state index is -1.04. The van der Waals surface area contributed by atoms with Crippen molar-refractivity contribution in [3.8, 4) is 5.75 Å². The fourth-order valence-electron chi connectivity index (χ4n) is 3.89. The van der Waals surface area contributed by atoms with Crippen molar-refractivity contribution in [2.75, 3.05) is 12.4 Å². The molecule has 0 saturated carbocycles. The van der Waals surface area contributed by atoms with E-state index in [0.29, 0.717) is 11.4 Å². The van der Waals surface area contributed by atoms with Crippen LogP contribution in [0.25, 0.3) is 0 Å². The molecule has 0 spiro atoms. The first-order valence-corrected chi connectivity index (χ1v) is 11.9. The van der Waals surface area contributed by atoms with Crippen molar-refractivity contribution in [3.63, 3.8) is 0 Å². The Labute approximate surface area is 219 Å². The average molecular weight is 521 g/mol. The van der Waals surface area contributed by atoms with Crippen LogP contribution in [0.1, 0.15) is 17.5 Å². The van der Waals surface area contributed by atoms with Gasteiger partial charge in [-0.25, -0.2) is 9.40 Å². The largest absolute Gasteiger partial charge is 0.497 e. The number of nitrogens with zero attached hydrogens (tertiary/aromatic N) is 2. The molecule has 3 aromatic carbocycles. The normalized spacial score (nSPS) is 15.0. The number of benzene rings is 3. The molecular formula is C27H25FN4O4S. The van der Waals surface area contributed by atoms with Gasteiger partial charge in [0.2, 0.25) is 11.8 Å². The molecule has 1 saturated heterocycles. The molecule has 1 unspecified atom stereocenters. The summed E-state index contributed by atoms with van der Waals surface area (Å²) >= 11 is 5.55. The molecule has 1 fully saturated rings. The summed E-state index contributed by atoms with van der Waals surface area (Å²) in [6.45, 7) is 0.194. The molecule has 1 atom stereocenters. The summed E-state index contributed by atoms with van der Waals surface area (Å²) in [7, 11) is 1.56. The Morgan fingerprint density at radius 3 is 2.27 bits per heavy atom. The summed E-state index contributed by atoms with van der Waals surface area (Å²) in [6, 6.07) is 20.5. The molecule has 3 amide bonds. The Morgan fingerprint density at radius 2 is 1.62 bits per heavy atom. The molecule has 37 heavy (non-hydrogen) atoms. The number of anilines is 1. The third-order valence-electron chi connectivity index (χ3n) is 5.76. The molecule has 1 aliphatic heterocycles. The summed E-state index contributed by atoms with van der Waals surface area (Å²) in [6.07, 6.45) is -0.241. The highest BCUT2D eigenvalue weighted by Gasteiger charge is 2.44. The third-order valence-corrected chi connectivity index (χ3v) is 6.18. The zero-order chi connectivity index (χ0) is 26.4. The highest BCUT2D eigenvalue weighted by atomic mass is 32.1. The number of hydrogen-bond acceptors (Lipinski definition) is 5. The van der Waals surface area contributed by atoms with Crippen LogP contribution in [-0.4, -0.2) is 45.9 Å².